The Hall–Kier alpha value is -1.62. The number of β-amino-alcohol motifs (C(OH)–C–C–N with tert-alkyl or cyclic N) is 1. The lowest BCUT2D eigenvalue weighted by Gasteiger charge is -2.37. The zero-order chi connectivity index (χ0) is 12.8. The predicted molar refractivity (Wildman–Crippen MR) is 70.6 cm³/mol. The molecule has 0 radical (unpaired) electrons. The molecule has 0 amide bonds. The Morgan fingerprint density at radius 1 is 1.39 bits per heavy atom. The van der Waals surface area contributed by atoms with E-state index in [4.69, 9.17) is 0 Å². The van der Waals surface area contributed by atoms with Crippen molar-refractivity contribution in [1.82, 2.24) is 14.5 Å². The van der Waals surface area contributed by atoms with Crippen LogP contribution in [0.15, 0.2) is 18.6 Å². The number of aliphatic hydroxyl groups is 1. The summed E-state index contributed by atoms with van der Waals surface area (Å²) < 4.78 is 1.99. The molecule has 18 heavy (non-hydrogen) atoms. The number of rotatable bonds is 1. The van der Waals surface area contributed by atoms with E-state index in [0.29, 0.717) is 6.54 Å². The molecule has 1 aliphatic rings. The number of anilines is 1. The minimum Gasteiger partial charge on any atom is -0.388 e. The molecule has 3 heterocycles. The minimum atomic E-state index is -0.628. The highest BCUT2D eigenvalue weighted by Gasteiger charge is 2.30. The van der Waals surface area contributed by atoms with E-state index in [1.165, 1.54) is 0 Å². The zero-order valence-electron chi connectivity index (χ0n) is 10.8. The van der Waals surface area contributed by atoms with Gasteiger partial charge in [-0.25, -0.2) is 9.97 Å². The fourth-order valence-electron chi connectivity index (χ4n) is 2.68. The minimum absolute atomic E-state index is 0.621. The van der Waals surface area contributed by atoms with Gasteiger partial charge in [-0.05, 0) is 25.8 Å². The second kappa shape index (κ2) is 3.95. The summed E-state index contributed by atoms with van der Waals surface area (Å²) in [6, 6.07) is 1.97. The first kappa shape index (κ1) is 11.5. The van der Waals surface area contributed by atoms with E-state index >= 15 is 0 Å². The topological polar surface area (TPSA) is 54.2 Å². The van der Waals surface area contributed by atoms with Crippen LogP contribution in [0.3, 0.4) is 0 Å². The van der Waals surface area contributed by atoms with E-state index < -0.39 is 5.60 Å². The maximum absolute atomic E-state index is 10.2. The third-order valence-corrected chi connectivity index (χ3v) is 3.60. The van der Waals surface area contributed by atoms with Crippen molar-refractivity contribution in [3.05, 3.63) is 18.6 Å². The fraction of sp³-hybridized carbons (Fsp3) is 0.538. The van der Waals surface area contributed by atoms with Gasteiger partial charge >= 0.3 is 0 Å². The number of aryl methyl sites for hydroxylation is 1. The Kier molecular flexibility index (Phi) is 2.52. The zero-order valence-corrected chi connectivity index (χ0v) is 10.8. The van der Waals surface area contributed by atoms with Crippen molar-refractivity contribution in [1.29, 1.82) is 0 Å². The van der Waals surface area contributed by atoms with Gasteiger partial charge in [-0.1, -0.05) is 0 Å². The first-order valence-corrected chi connectivity index (χ1v) is 6.30. The molecule has 5 nitrogen and oxygen atoms in total. The van der Waals surface area contributed by atoms with E-state index in [1.54, 1.807) is 6.33 Å². The molecule has 96 valence electrons. The largest absolute Gasteiger partial charge is 0.388 e. The number of nitrogens with zero attached hydrogens (tertiary/aromatic N) is 4. The molecule has 2 aromatic heterocycles. The van der Waals surface area contributed by atoms with Gasteiger partial charge in [-0.15, -0.1) is 0 Å². The number of pyridine rings is 1. The van der Waals surface area contributed by atoms with Gasteiger partial charge in [0.1, 0.15) is 5.52 Å². The van der Waals surface area contributed by atoms with Crippen LogP contribution in [-0.4, -0.2) is 38.3 Å². The van der Waals surface area contributed by atoms with Crippen LogP contribution in [0.1, 0.15) is 19.8 Å². The summed E-state index contributed by atoms with van der Waals surface area (Å²) in [5, 5.41) is 10.2. The number of hydrogen-bond acceptors (Lipinski definition) is 4. The molecule has 3 rings (SSSR count). The molecular formula is C13H18N4O. The van der Waals surface area contributed by atoms with Crippen molar-refractivity contribution < 1.29 is 5.11 Å². The molecule has 5 heteroatoms. The molecule has 1 aliphatic heterocycles. The molecule has 1 N–H and O–H groups in total. The van der Waals surface area contributed by atoms with Crippen LogP contribution in [0, 0.1) is 0 Å². The average molecular weight is 246 g/mol. The number of aromatic nitrogens is 3. The second-order valence-electron chi connectivity index (χ2n) is 5.38. The average Bonchev–Trinajstić information content (AvgIpc) is 2.70. The van der Waals surface area contributed by atoms with Crippen molar-refractivity contribution in [3.63, 3.8) is 0 Å². The summed E-state index contributed by atoms with van der Waals surface area (Å²) in [6.45, 7) is 3.44. The highest BCUT2D eigenvalue weighted by molar-refractivity contribution is 5.86. The van der Waals surface area contributed by atoms with Gasteiger partial charge in [0.15, 0.2) is 5.82 Å². The summed E-state index contributed by atoms with van der Waals surface area (Å²) in [4.78, 5) is 11.0. The summed E-state index contributed by atoms with van der Waals surface area (Å²) >= 11 is 0. The van der Waals surface area contributed by atoms with Crippen LogP contribution in [0.25, 0.3) is 11.0 Å². The monoisotopic (exact) mass is 246 g/mol. The molecule has 1 fully saturated rings. The molecule has 1 atom stereocenters. The Morgan fingerprint density at radius 2 is 2.22 bits per heavy atom. The number of fused-ring (bicyclic) bond motifs is 1. The first-order valence-electron chi connectivity index (χ1n) is 6.30. The number of hydrogen-bond donors (Lipinski definition) is 1. The Bertz CT molecular complexity index is 575. The lowest BCUT2D eigenvalue weighted by Crippen LogP contribution is -2.46. The van der Waals surface area contributed by atoms with Gasteiger partial charge in [0.2, 0.25) is 0 Å². The summed E-state index contributed by atoms with van der Waals surface area (Å²) in [5.74, 6) is 0.882. The van der Waals surface area contributed by atoms with Gasteiger partial charge in [0.05, 0.1) is 17.4 Å². The summed E-state index contributed by atoms with van der Waals surface area (Å²) in [5.41, 5.74) is 1.36. The lowest BCUT2D eigenvalue weighted by atomic mass is 9.95. The maximum Gasteiger partial charge on any atom is 0.156 e. The van der Waals surface area contributed by atoms with Crippen molar-refractivity contribution in [2.24, 2.45) is 7.05 Å². The molecule has 0 aliphatic carbocycles. The van der Waals surface area contributed by atoms with Gasteiger partial charge in [0, 0.05) is 26.3 Å². The molecule has 1 saturated heterocycles. The Morgan fingerprint density at radius 3 is 3.00 bits per heavy atom. The maximum atomic E-state index is 10.2. The quantitative estimate of drug-likeness (QED) is 0.824. The summed E-state index contributed by atoms with van der Waals surface area (Å²) in [7, 11) is 1.98. The first-order chi connectivity index (χ1) is 8.57. The van der Waals surface area contributed by atoms with Crippen molar-refractivity contribution in [3.8, 4) is 0 Å². The molecule has 1 unspecified atom stereocenters. The van der Waals surface area contributed by atoms with Gasteiger partial charge in [-0.3, -0.25) is 0 Å². The number of piperidine rings is 1. The van der Waals surface area contributed by atoms with E-state index in [1.807, 2.05) is 30.8 Å². The van der Waals surface area contributed by atoms with Crippen LogP contribution < -0.4 is 4.90 Å². The standard InChI is InChI=1S/C13H18N4O/c1-13(18)5-3-7-17(8-13)12-11-10(4-6-14-12)16(2)9-15-11/h4,6,9,18H,3,5,7-8H2,1-2H3. The van der Waals surface area contributed by atoms with E-state index in [-0.39, 0.29) is 0 Å². The molecule has 0 bridgehead atoms. The van der Waals surface area contributed by atoms with Crippen LogP contribution in [0.5, 0.6) is 0 Å². The third kappa shape index (κ3) is 1.84. The van der Waals surface area contributed by atoms with Crippen molar-refractivity contribution in [2.45, 2.75) is 25.4 Å². The third-order valence-electron chi connectivity index (χ3n) is 3.60. The fourth-order valence-corrected chi connectivity index (χ4v) is 2.68. The Balaban J connectivity index is 2.04. The predicted octanol–water partition coefficient (Wildman–Crippen LogP) is 1.32. The van der Waals surface area contributed by atoms with Crippen LogP contribution in [0.2, 0.25) is 0 Å². The van der Waals surface area contributed by atoms with Crippen LogP contribution in [-0.2, 0) is 7.05 Å². The van der Waals surface area contributed by atoms with Gasteiger partial charge < -0.3 is 14.6 Å². The van der Waals surface area contributed by atoms with E-state index in [2.05, 4.69) is 14.9 Å². The number of imidazole rings is 1. The van der Waals surface area contributed by atoms with Crippen LogP contribution >= 0.6 is 0 Å². The van der Waals surface area contributed by atoms with Crippen molar-refractivity contribution in [2.75, 3.05) is 18.0 Å². The molecule has 0 spiro atoms. The molecule has 0 aromatic carbocycles. The highest BCUT2D eigenvalue weighted by Crippen LogP contribution is 2.28. The van der Waals surface area contributed by atoms with Gasteiger partial charge in [-0.2, -0.15) is 0 Å². The Labute approximate surface area is 106 Å². The highest BCUT2D eigenvalue weighted by atomic mass is 16.3. The molecular weight excluding hydrogens is 228 g/mol. The SMILES string of the molecule is Cn1cnc2c(N3CCCC(C)(O)C3)nccc21. The normalized spacial score (nSPS) is 24.7. The summed E-state index contributed by atoms with van der Waals surface area (Å²) in [6.07, 6.45) is 5.44. The smallest absolute Gasteiger partial charge is 0.156 e. The lowest BCUT2D eigenvalue weighted by molar-refractivity contribution is 0.0448. The van der Waals surface area contributed by atoms with E-state index in [0.717, 1.165) is 36.2 Å². The molecule has 2 aromatic rings. The van der Waals surface area contributed by atoms with E-state index in [9.17, 15) is 5.11 Å². The van der Waals surface area contributed by atoms with Crippen molar-refractivity contribution >= 4 is 16.9 Å². The second-order valence-corrected chi connectivity index (χ2v) is 5.38. The molecule has 0 saturated carbocycles. The van der Waals surface area contributed by atoms with Crippen LogP contribution in [0.4, 0.5) is 5.82 Å². The van der Waals surface area contributed by atoms with Gasteiger partial charge in [0.25, 0.3) is 0 Å².